The fraction of sp³-hybridized carbons (Fsp3) is 0.591. The molecule has 1 amide bonds. The topological polar surface area (TPSA) is 54.9 Å². The van der Waals surface area contributed by atoms with Gasteiger partial charge in [0.2, 0.25) is 5.91 Å². The van der Waals surface area contributed by atoms with Gasteiger partial charge in [0.05, 0.1) is 11.4 Å². The zero-order chi connectivity index (χ0) is 18.4. The first kappa shape index (κ1) is 17.4. The summed E-state index contributed by atoms with van der Waals surface area (Å²) in [6.07, 6.45) is 10.2. The highest BCUT2D eigenvalue weighted by Gasteiger charge is 2.54. The molecule has 2 heterocycles. The minimum Gasteiger partial charge on any atom is -0.355 e. The summed E-state index contributed by atoms with van der Waals surface area (Å²) in [5, 5.41) is 4.26. The molecular weight excluding hydrogens is 354 g/mol. The fourth-order valence-electron chi connectivity index (χ4n) is 6.12. The van der Waals surface area contributed by atoms with Gasteiger partial charge in [0.15, 0.2) is 0 Å². The number of carbonyl (C=O) groups excluding carboxylic acids is 1. The lowest BCUT2D eigenvalue weighted by Gasteiger charge is -2.55. The molecule has 0 aromatic carbocycles. The monoisotopic (exact) mass is 381 g/mol. The van der Waals surface area contributed by atoms with Crippen molar-refractivity contribution in [3.05, 3.63) is 35.0 Å². The van der Waals surface area contributed by atoms with E-state index < -0.39 is 0 Å². The first-order chi connectivity index (χ1) is 13.1. The molecule has 0 radical (unpaired) electrons. The van der Waals surface area contributed by atoms with Crippen molar-refractivity contribution in [3.8, 4) is 10.7 Å². The van der Waals surface area contributed by atoms with Crippen molar-refractivity contribution in [1.82, 2.24) is 15.3 Å². The zero-order valence-corrected chi connectivity index (χ0v) is 16.7. The van der Waals surface area contributed by atoms with E-state index in [4.69, 9.17) is 0 Å². The van der Waals surface area contributed by atoms with Gasteiger partial charge in [-0.15, -0.1) is 11.3 Å². The Bertz CT molecular complexity index is 809. The van der Waals surface area contributed by atoms with E-state index in [0.717, 1.165) is 59.8 Å². The Morgan fingerprint density at radius 2 is 1.89 bits per heavy atom. The molecule has 4 fully saturated rings. The molecule has 4 aliphatic rings. The maximum atomic E-state index is 13.1. The summed E-state index contributed by atoms with van der Waals surface area (Å²) in [7, 11) is 0. The number of carbonyl (C=O) groups is 1. The Labute approximate surface area is 164 Å². The smallest absolute Gasteiger partial charge is 0.226 e. The number of thiazole rings is 1. The maximum absolute atomic E-state index is 13.1. The van der Waals surface area contributed by atoms with Crippen molar-refractivity contribution in [1.29, 1.82) is 0 Å². The third kappa shape index (κ3) is 3.20. The third-order valence-electron chi connectivity index (χ3n) is 6.93. The molecule has 4 nitrogen and oxygen atoms in total. The van der Waals surface area contributed by atoms with E-state index in [1.54, 1.807) is 17.5 Å². The van der Waals surface area contributed by atoms with Gasteiger partial charge in [-0.3, -0.25) is 9.78 Å². The lowest BCUT2D eigenvalue weighted by molar-refractivity contribution is -0.146. The van der Waals surface area contributed by atoms with Crippen LogP contribution in [0.3, 0.4) is 0 Å². The van der Waals surface area contributed by atoms with Crippen molar-refractivity contribution in [2.45, 2.75) is 51.9 Å². The molecule has 4 bridgehead atoms. The highest BCUT2D eigenvalue weighted by Crippen LogP contribution is 2.60. The van der Waals surface area contributed by atoms with E-state index in [0.29, 0.717) is 12.5 Å². The van der Waals surface area contributed by atoms with Crippen molar-refractivity contribution < 1.29 is 4.79 Å². The van der Waals surface area contributed by atoms with Crippen molar-refractivity contribution in [2.24, 2.45) is 23.2 Å². The minimum absolute atomic E-state index is 0.0450. The van der Waals surface area contributed by atoms with Crippen LogP contribution in [0.4, 0.5) is 0 Å². The Morgan fingerprint density at radius 3 is 2.52 bits per heavy atom. The molecule has 4 aliphatic carbocycles. The molecule has 142 valence electrons. The average Bonchev–Trinajstić information content (AvgIpc) is 3.02. The number of aromatic nitrogens is 2. The number of hydrogen-bond donors (Lipinski definition) is 1. The molecule has 6 rings (SSSR count). The van der Waals surface area contributed by atoms with Crippen LogP contribution in [0.1, 0.15) is 49.1 Å². The van der Waals surface area contributed by atoms with E-state index in [9.17, 15) is 4.79 Å². The van der Waals surface area contributed by atoms with Crippen molar-refractivity contribution >= 4 is 17.2 Å². The standard InChI is InChI=1S/C22H27N3OS/c1-14-19(27-20(25-14)18-4-2-3-6-23-18)5-7-24-21(26)22-11-15-8-16(12-22)10-17(9-15)13-22/h2-4,6,15-17H,5,7-13H2,1H3,(H,24,26). The molecule has 4 saturated carbocycles. The van der Waals surface area contributed by atoms with Gasteiger partial charge in [-0.1, -0.05) is 6.07 Å². The molecule has 0 unspecified atom stereocenters. The summed E-state index contributed by atoms with van der Waals surface area (Å²) in [4.78, 5) is 23.4. The number of nitrogens with zero attached hydrogens (tertiary/aromatic N) is 2. The van der Waals surface area contributed by atoms with Gasteiger partial charge in [0.1, 0.15) is 5.01 Å². The first-order valence-electron chi connectivity index (χ1n) is 10.3. The van der Waals surface area contributed by atoms with Crippen LogP contribution in [0.2, 0.25) is 0 Å². The zero-order valence-electron chi connectivity index (χ0n) is 15.9. The van der Waals surface area contributed by atoms with Gasteiger partial charge in [-0.25, -0.2) is 4.98 Å². The molecule has 0 aliphatic heterocycles. The summed E-state index contributed by atoms with van der Waals surface area (Å²) in [6.45, 7) is 2.77. The van der Waals surface area contributed by atoms with Crippen LogP contribution in [-0.4, -0.2) is 22.4 Å². The average molecular weight is 382 g/mol. The lowest BCUT2D eigenvalue weighted by Crippen LogP contribution is -2.53. The van der Waals surface area contributed by atoms with Gasteiger partial charge in [0, 0.05) is 29.5 Å². The Morgan fingerprint density at radius 1 is 1.19 bits per heavy atom. The van der Waals surface area contributed by atoms with E-state index in [2.05, 4.69) is 22.2 Å². The molecule has 0 atom stereocenters. The van der Waals surface area contributed by atoms with Crippen LogP contribution in [0.5, 0.6) is 0 Å². The summed E-state index contributed by atoms with van der Waals surface area (Å²) >= 11 is 1.70. The predicted molar refractivity (Wildman–Crippen MR) is 107 cm³/mol. The molecule has 0 spiro atoms. The van der Waals surface area contributed by atoms with Crippen LogP contribution in [-0.2, 0) is 11.2 Å². The minimum atomic E-state index is -0.0450. The SMILES string of the molecule is Cc1nc(-c2ccccn2)sc1CCNC(=O)C12CC3CC(CC(C3)C1)C2. The maximum Gasteiger partial charge on any atom is 0.226 e. The number of pyridine rings is 1. The van der Waals surface area contributed by atoms with Crippen LogP contribution >= 0.6 is 11.3 Å². The van der Waals surface area contributed by atoms with Crippen LogP contribution < -0.4 is 5.32 Å². The number of nitrogens with one attached hydrogen (secondary N) is 1. The molecular formula is C22H27N3OS. The van der Waals surface area contributed by atoms with Gasteiger partial charge < -0.3 is 5.32 Å². The fourth-order valence-corrected chi connectivity index (χ4v) is 7.16. The van der Waals surface area contributed by atoms with E-state index >= 15 is 0 Å². The van der Waals surface area contributed by atoms with Crippen molar-refractivity contribution in [3.63, 3.8) is 0 Å². The lowest BCUT2D eigenvalue weighted by atomic mass is 9.49. The number of hydrogen-bond acceptors (Lipinski definition) is 4. The molecule has 27 heavy (non-hydrogen) atoms. The van der Waals surface area contributed by atoms with E-state index in [1.807, 2.05) is 18.2 Å². The van der Waals surface area contributed by atoms with Gasteiger partial charge in [-0.2, -0.15) is 0 Å². The molecule has 1 N–H and O–H groups in total. The number of aryl methyl sites for hydroxylation is 1. The Balaban J connectivity index is 1.22. The van der Waals surface area contributed by atoms with Gasteiger partial charge in [0.25, 0.3) is 0 Å². The van der Waals surface area contributed by atoms with Crippen LogP contribution in [0.25, 0.3) is 10.7 Å². The van der Waals surface area contributed by atoms with Crippen LogP contribution in [0, 0.1) is 30.1 Å². The highest BCUT2D eigenvalue weighted by molar-refractivity contribution is 7.15. The Hall–Kier alpha value is -1.75. The summed E-state index contributed by atoms with van der Waals surface area (Å²) in [5.41, 5.74) is 1.94. The summed E-state index contributed by atoms with van der Waals surface area (Å²) in [6, 6.07) is 5.91. The first-order valence-corrected chi connectivity index (χ1v) is 11.1. The van der Waals surface area contributed by atoms with Gasteiger partial charge >= 0.3 is 0 Å². The van der Waals surface area contributed by atoms with Crippen molar-refractivity contribution in [2.75, 3.05) is 6.54 Å². The van der Waals surface area contributed by atoms with Gasteiger partial charge in [-0.05, 0) is 75.3 Å². The normalized spacial score (nSPS) is 31.2. The second-order valence-electron chi connectivity index (χ2n) is 8.95. The molecule has 2 aromatic rings. The number of amides is 1. The Kier molecular flexibility index (Phi) is 4.30. The second-order valence-corrected chi connectivity index (χ2v) is 10.0. The predicted octanol–water partition coefficient (Wildman–Crippen LogP) is 4.39. The van der Waals surface area contributed by atoms with Crippen LogP contribution in [0.15, 0.2) is 24.4 Å². The molecule has 2 aromatic heterocycles. The highest BCUT2D eigenvalue weighted by atomic mass is 32.1. The largest absolute Gasteiger partial charge is 0.355 e. The molecule has 0 saturated heterocycles. The third-order valence-corrected chi connectivity index (χ3v) is 8.17. The van der Waals surface area contributed by atoms with E-state index in [-0.39, 0.29) is 5.41 Å². The quantitative estimate of drug-likeness (QED) is 0.836. The molecule has 5 heteroatoms. The number of rotatable bonds is 5. The second kappa shape index (κ2) is 6.69. The summed E-state index contributed by atoms with van der Waals surface area (Å²) in [5.74, 6) is 2.76. The van der Waals surface area contributed by atoms with E-state index in [1.165, 1.54) is 24.1 Å². The summed E-state index contributed by atoms with van der Waals surface area (Å²) < 4.78 is 0.